The molecular formula is C65H114O6. The van der Waals surface area contributed by atoms with Gasteiger partial charge in [0.05, 0.1) is 0 Å². The van der Waals surface area contributed by atoms with Crippen molar-refractivity contribution in [1.82, 2.24) is 0 Å². The largest absolute Gasteiger partial charge is 0.462 e. The number of carbonyl (C=O) groups excluding carboxylic acids is 3. The average Bonchev–Trinajstić information content (AvgIpc) is 3.37. The Kier molecular flexibility index (Phi) is 56.8. The van der Waals surface area contributed by atoms with Crippen LogP contribution in [0.15, 0.2) is 72.9 Å². The van der Waals surface area contributed by atoms with Gasteiger partial charge in [-0.1, -0.05) is 261 Å². The molecule has 0 bridgehead atoms. The van der Waals surface area contributed by atoms with Gasteiger partial charge in [-0.3, -0.25) is 14.4 Å². The molecule has 410 valence electrons. The van der Waals surface area contributed by atoms with Crippen molar-refractivity contribution < 1.29 is 28.6 Å². The third-order valence-corrected chi connectivity index (χ3v) is 13.2. The van der Waals surface area contributed by atoms with E-state index in [-0.39, 0.29) is 31.1 Å². The van der Waals surface area contributed by atoms with Crippen LogP contribution in [-0.2, 0) is 28.6 Å². The van der Waals surface area contributed by atoms with Crippen molar-refractivity contribution in [2.75, 3.05) is 13.2 Å². The molecule has 0 aliphatic heterocycles. The Morgan fingerprint density at radius 2 is 0.521 bits per heavy atom. The molecule has 6 nitrogen and oxygen atoms in total. The maximum absolute atomic E-state index is 12.9. The van der Waals surface area contributed by atoms with E-state index >= 15 is 0 Å². The molecule has 0 aliphatic rings. The number of unbranched alkanes of at least 4 members (excludes halogenated alkanes) is 35. The fraction of sp³-hybridized carbons (Fsp3) is 0.769. The Bertz CT molecular complexity index is 1320. The van der Waals surface area contributed by atoms with Gasteiger partial charge in [0.2, 0.25) is 0 Å². The average molecular weight is 992 g/mol. The van der Waals surface area contributed by atoms with Crippen LogP contribution in [0.3, 0.4) is 0 Å². The molecule has 0 rings (SSSR count). The van der Waals surface area contributed by atoms with Crippen LogP contribution < -0.4 is 0 Å². The summed E-state index contributed by atoms with van der Waals surface area (Å²) in [6.45, 7) is 6.60. The molecule has 0 heterocycles. The molecule has 0 radical (unpaired) electrons. The molecule has 0 aromatic carbocycles. The maximum Gasteiger partial charge on any atom is 0.306 e. The van der Waals surface area contributed by atoms with E-state index in [1.165, 1.54) is 173 Å². The summed E-state index contributed by atoms with van der Waals surface area (Å²) in [5.74, 6) is -0.907. The van der Waals surface area contributed by atoms with Crippen LogP contribution in [0.4, 0.5) is 0 Å². The molecule has 1 unspecified atom stereocenters. The van der Waals surface area contributed by atoms with Crippen molar-refractivity contribution in [1.29, 1.82) is 0 Å². The standard InChI is InChI=1S/C65H114O6/c1-4-7-10-13-16-19-22-25-28-31-33-35-37-40-43-46-49-52-55-58-64(67)70-61-62(60-69-63(66)57-54-51-48-45-42-39-36-30-27-24-21-18-15-12-9-6-3)71-65(68)59-56-53-50-47-44-41-38-34-32-29-26-23-20-17-14-11-8-5-2/h16,19,22-23,25-26,29-30,32,34,36,38,62H,4-15,17-18,20-21,24,27-28,31,33,35,37,39-61H2,1-3H3/b19-16-,25-22-,26-23-,32-29-,36-30-,38-34-. The third-order valence-electron chi connectivity index (χ3n) is 13.2. The smallest absolute Gasteiger partial charge is 0.306 e. The highest BCUT2D eigenvalue weighted by Crippen LogP contribution is 2.15. The lowest BCUT2D eigenvalue weighted by molar-refractivity contribution is -0.167. The van der Waals surface area contributed by atoms with Crippen molar-refractivity contribution in [3.05, 3.63) is 72.9 Å². The zero-order chi connectivity index (χ0) is 51.4. The molecule has 71 heavy (non-hydrogen) atoms. The van der Waals surface area contributed by atoms with Crippen molar-refractivity contribution in [3.63, 3.8) is 0 Å². The van der Waals surface area contributed by atoms with Crippen molar-refractivity contribution in [2.45, 2.75) is 309 Å². The summed E-state index contributed by atoms with van der Waals surface area (Å²) in [5, 5.41) is 0. The van der Waals surface area contributed by atoms with E-state index in [0.29, 0.717) is 19.3 Å². The molecular weight excluding hydrogens is 877 g/mol. The second-order valence-corrected chi connectivity index (χ2v) is 20.3. The van der Waals surface area contributed by atoms with Crippen LogP contribution in [0.5, 0.6) is 0 Å². The van der Waals surface area contributed by atoms with E-state index in [9.17, 15) is 14.4 Å². The highest BCUT2D eigenvalue weighted by molar-refractivity contribution is 5.71. The Morgan fingerprint density at radius 3 is 0.859 bits per heavy atom. The van der Waals surface area contributed by atoms with Gasteiger partial charge in [0, 0.05) is 19.3 Å². The SMILES string of the molecule is CCCCC/C=C\C=C/CCCCCCCCCCCCC(=O)OCC(COC(=O)CCCCCCC/C=C\CCCCCCCCC)OC(=O)CCCCCCC\C=C/C=C\C=C/CCCCCCC. The van der Waals surface area contributed by atoms with Crippen molar-refractivity contribution >= 4 is 17.9 Å². The Hall–Kier alpha value is -3.15. The van der Waals surface area contributed by atoms with Crippen molar-refractivity contribution in [3.8, 4) is 0 Å². The first-order valence-corrected chi connectivity index (χ1v) is 30.5. The lowest BCUT2D eigenvalue weighted by Gasteiger charge is -2.18. The predicted octanol–water partition coefficient (Wildman–Crippen LogP) is 20.5. The number of hydrogen-bond acceptors (Lipinski definition) is 6. The van der Waals surface area contributed by atoms with Gasteiger partial charge >= 0.3 is 17.9 Å². The van der Waals surface area contributed by atoms with Gasteiger partial charge in [0.25, 0.3) is 0 Å². The first-order valence-electron chi connectivity index (χ1n) is 30.5. The molecule has 0 fully saturated rings. The normalized spacial score (nSPS) is 12.5. The van der Waals surface area contributed by atoms with Crippen LogP contribution >= 0.6 is 0 Å². The zero-order valence-corrected chi connectivity index (χ0v) is 47.0. The van der Waals surface area contributed by atoms with Crippen LogP contribution in [0.2, 0.25) is 0 Å². The van der Waals surface area contributed by atoms with Gasteiger partial charge in [-0.25, -0.2) is 0 Å². The minimum atomic E-state index is -0.792. The van der Waals surface area contributed by atoms with E-state index in [4.69, 9.17) is 14.2 Å². The van der Waals surface area contributed by atoms with Gasteiger partial charge in [-0.05, 0) is 96.3 Å². The molecule has 0 aromatic heterocycles. The van der Waals surface area contributed by atoms with Gasteiger partial charge in [0.15, 0.2) is 6.10 Å². The topological polar surface area (TPSA) is 78.9 Å². The fourth-order valence-electron chi connectivity index (χ4n) is 8.61. The summed E-state index contributed by atoms with van der Waals surface area (Å²) in [6, 6.07) is 0. The minimum Gasteiger partial charge on any atom is -0.462 e. The van der Waals surface area contributed by atoms with Gasteiger partial charge < -0.3 is 14.2 Å². The lowest BCUT2D eigenvalue weighted by Crippen LogP contribution is -2.30. The number of hydrogen-bond donors (Lipinski definition) is 0. The highest BCUT2D eigenvalue weighted by Gasteiger charge is 2.19. The Balaban J connectivity index is 4.43. The summed E-state index contributed by atoms with van der Waals surface area (Å²) in [6.07, 6.45) is 76.0. The zero-order valence-electron chi connectivity index (χ0n) is 47.0. The molecule has 0 amide bonds. The van der Waals surface area contributed by atoms with E-state index in [1.54, 1.807) is 0 Å². The summed E-state index contributed by atoms with van der Waals surface area (Å²) < 4.78 is 16.9. The summed E-state index contributed by atoms with van der Waals surface area (Å²) in [4.78, 5) is 38.2. The molecule has 1 atom stereocenters. The molecule has 0 aliphatic carbocycles. The van der Waals surface area contributed by atoms with Crippen LogP contribution in [0.1, 0.15) is 303 Å². The number of ether oxygens (including phenoxy) is 3. The van der Waals surface area contributed by atoms with E-state index in [1.807, 2.05) is 0 Å². The Labute approximate surface area is 440 Å². The maximum atomic E-state index is 12.9. The predicted molar refractivity (Wildman–Crippen MR) is 307 cm³/mol. The van der Waals surface area contributed by atoms with Crippen LogP contribution in [0.25, 0.3) is 0 Å². The lowest BCUT2D eigenvalue weighted by atomic mass is 10.1. The number of rotatable bonds is 55. The quantitative estimate of drug-likeness (QED) is 0.0199. The fourth-order valence-corrected chi connectivity index (χ4v) is 8.61. The van der Waals surface area contributed by atoms with E-state index in [0.717, 1.165) is 89.9 Å². The second-order valence-electron chi connectivity index (χ2n) is 20.3. The number of carbonyl (C=O) groups is 3. The van der Waals surface area contributed by atoms with Crippen LogP contribution in [-0.4, -0.2) is 37.2 Å². The van der Waals surface area contributed by atoms with E-state index < -0.39 is 6.10 Å². The van der Waals surface area contributed by atoms with Gasteiger partial charge in [0.1, 0.15) is 13.2 Å². The van der Waals surface area contributed by atoms with E-state index in [2.05, 4.69) is 93.7 Å². The molecule has 6 heteroatoms. The first kappa shape index (κ1) is 67.8. The summed E-state index contributed by atoms with van der Waals surface area (Å²) in [7, 11) is 0. The molecule has 0 aromatic rings. The van der Waals surface area contributed by atoms with Crippen molar-refractivity contribution in [2.24, 2.45) is 0 Å². The molecule has 0 spiro atoms. The highest BCUT2D eigenvalue weighted by atomic mass is 16.6. The minimum absolute atomic E-state index is 0.0874. The summed E-state index contributed by atoms with van der Waals surface area (Å²) in [5.41, 5.74) is 0. The molecule has 0 N–H and O–H groups in total. The van der Waals surface area contributed by atoms with Crippen LogP contribution in [0, 0.1) is 0 Å². The molecule has 0 saturated heterocycles. The monoisotopic (exact) mass is 991 g/mol. The first-order chi connectivity index (χ1) is 35.0. The second kappa shape index (κ2) is 59.4. The molecule has 0 saturated carbocycles. The number of allylic oxidation sites excluding steroid dienone is 12. The number of esters is 3. The Morgan fingerprint density at radius 1 is 0.282 bits per heavy atom. The van der Waals surface area contributed by atoms with Gasteiger partial charge in [-0.15, -0.1) is 0 Å². The summed E-state index contributed by atoms with van der Waals surface area (Å²) >= 11 is 0. The third kappa shape index (κ3) is 57.6. The van der Waals surface area contributed by atoms with Gasteiger partial charge in [-0.2, -0.15) is 0 Å².